The lowest BCUT2D eigenvalue weighted by molar-refractivity contribution is 0.486. The van der Waals surface area contributed by atoms with Gasteiger partial charge in [-0.25, -0.2) is 17.9 Å². The molecule has 0 amide bonds. The van der Waals surface area contributed by atoms with Gasteiger partial charge in [0.05, 0.1) is 0 Å². The number of primary sulfonamides is 1. The highest BCUT2D eigenvalue weighted by atomic mass is 32.2. The molecule has 0 bridgehead atoms. The minimum absolute atomic E-state index is 0.172. The molecule has 0 spiro atoms. The summed E-state index contributed by atoms with van der Waals surface area (Å²) in [5.74, 6) is 0.142. The molecule has 108 valence electrons. The molecule has 1 heterocycles. The number of aromatic nitrogens is 3. The van der Waals surface area contributed by atoms with Crippen LogP contribution in [0.5, 0.6) is 0 Å². The lowest BCUT2D eigenvalue weighted by atomic mass is 10.2. The fourth-order valence-corrected chi connectivity index (χ4v) is 2.46. The number of hydrogen-bond acceptors (Lipinski definition) is 4. The minimum Gasteiger partial charge on any atom is -0.296 e. The van der Waals surface area contributed by atoms with Crippen LogP contribution < -0.4 is 5.14 Å². The molecule has 0 aliphatic rings. The van der Waals surface area contributed by atoms with E-state index in [4.69, 9.17) is 5.14 Å². The van der Waals surface area contributed by atoms with Crippen LogP contribution in [0.15, 0.2) is 29.4 Å². The summed E-state index contributed by atoms with van der Waals surface area (Å²) in [4.78, 5) is 0. The third kappa shape index (κ3) is 3.02. The zero-order valence-corrected chi connectivity index (χ0v) is 11.9. The van der Waals surface area contributed by atoms with Gasteiger partial charge in [0.15, 0.2) is 5.82 Å². The quantitative estimate of drug-likeness (QED) is 0.923. The average molecular weight is 298 g/mol. The first-order valence-electron chi connectivity index (χ1n) is 6.01. The summed E-state index contributed by atoms with van der Waals surface area (Å²) in [7, 11) is -3.96. The van der Waals surface area contributed by atoms with Crippen molar-refractivity contribution in [3.8, 4) is 11.4 Å². The van der Waals surface area contributed by atoms with E-state index in [0.29, 0.717) is 17.9 Å². The maximum absolute atomic E-state index is 12.9. The Kier molecular flexibility index (Phi) is 3.87. The first kappa shape index (κ1) is 14.6. The van der Waals surface area contributed by atoms with Gasteiger partial charge in [-0.2, -0.15) is 0 Å². The van der Waals surface area contributed by atoms with E-state index < -0.39 is 10.0 Å². The van der Waals surface area contributed by atoms with Gasteiger partial charge in [0.2, 0.25) is 0 Å². The number of halogens is 1. The van der Waals surface area contributed by atoms with Crippen LogP contribution in [-0.4, -0.2) is 23.2 Å². The van der Waals surface area contributed by atoms with Crippen LogP contribution in [-0.2, 0) is 16.6 Å². The second-order valence-electron chi connectivity index (χ2n) is 4.86. The van der Waals surface area contributed by atoms with Crippen LogP contribution in [0.25, 0.3) is 11.4 Å². The van der Waals surface area contributed by atoms with Gasteiger partial charge in [-0.1, -0.05) is 13.8 Å². The Morgan fingerprint density at radius 3 is 2.35 bits per heavy atom. The highest BCUT2D eigenvalue weighted by Crippen LogP contribution is 2.21. The molecular weight excluding hydrogens is 283 g/mol. The topological polar surface area (TPSA) is 90.9 Å². The molecule has 0 fully saturated rings. The molecular formula is C12H15FN4O2S. The van der Waals surface area contributed by atoms with E-state index in [2.05, 4.69) is 10.2 Å². The van der Waals surface area contributed by atoms with Crippen LogP contribution in [0.4, 0.5) is 4.39 Å². The van der Waals surface area contributed by atoms with Gasteiger partial charge in [-0.3, -0.25) is 4.57 Å². The second-order valence-corrected chi connectivity index (χ2v) is 6.32. The third-order valence-corrected chi connectivity index (χ3v) is 3.43. The Balaban J connectivity index is 2.59. The molecule has 0 aliphatic heterocycles. The van der Waals surface area contributed by atoms with Gasteiger partial charge in [0.1, 0.15) is 5.82 Å². The molecule has 2 rings (SSSR count). The van der Waals surface area contributed by atoms with Crippen molar-refractivity contribution < 1.29 is 12.8 Å². The Morgan fingerprint density at radius 2 is 1.85 bits per heavy atom. The van der Waals surface area contributed by atoms with E-state index >= 15 is 0 Å². The summed E-state index contributed by atoms with van der Waals surface area (Å²) < 4.78 is 37.4. The first-order valence-corrected chi connectivity index (χ1v) is 7.55. The fourth-order valence-electron chi connectivity index (χ4n) is 1.84. The molecule has 0 radical (unpaired) electrons. The van der Waals surface area contributed by atoms with Crippen molar-refractivity contribution in [3.63, 3.8) is 0 Å². The van der Waals surface area contributed by atoms with E-state index in [1.54, 1.807) is 0 Å². The largest absolute Gasteiger partial charge is 0.296 e. The van der Waals surface area contributed by atoms with Crippen molar-refractivity contribution in [2.45, 2.75) is 25.5 Å². The summed E-state index contributed by atoms with van der Waals surface area (Å²) in [5.41, 5.74) is 0.578. The Labute approximate surface area is 116 Å². The highest BCUT2D eigenvalue weighted by molar-refractivity contribution is 7.89. The average Bonchev–Trinajstić information content (AvgIpc) is 2.72. The molecule has 0 aliphatic carbocycles. The molecule has 0 saturated carbocycles. The zero-order chi connectivity index (χ0) is 14.9. The molecule has 8 heteroatoms. The fraction of sp³-hybridized carbons (Fsp3) is 0.333. The predicted molar refractivity (Wildman–Crippen MR) is 71.6 cm³/mol. The van der Waals surface area contributed by atoms with Crippen molar-refractivity contribution in [2.24, 2.45) is 11.1 Å². The number of nitrogens with two attached hydrogens (primary N) is 1. The van der Waals surface area contributed by atoms with Crippen molar-refractivity contribution in [1.82, 2.24) is 14.8 Å². The maximum atomic E-state index is 12.9. The normalized spacial score (nSPS) is 12.1. The Hall–Kier alpha value is -1.80. The van der Waals surface area contributed by atoms with Gasteiger partial charge in [-0.15, -0.1) is 10.2 Å². The molecule has 1 aromatic heterocycles. The van der Waals surface area contributed by atoms with Crippen molar-refractivity contribution >= 4 is 10.0 Å². The Morgan fingerprint density at radius 1 is 1.25 bits per heavy atom. The zero-order valence-electron chi connectivity index (χ0n) is 11.1. The number of rotatable bonds is 4. The lowest BCUT2D eigenvalue weighted by Crippen LogP contribution is -2.20. The smallest absolute Gasteiger partial charge is 0.273 e. The van der Waals surface area contributed by atoms with Crippen LogP contribution in [0, 0.1) is 11.7 Å². The molecule has 0 unspecified atom stereocenters. The summed E-state index contributed by atoms with van der Waals surface area (Å²) in [6, 6.07) is 5.59. The second kappa shape index (κ2) is 5.29. The minimum atomic E-state index is -3.96. The molecule has 0 saturated heterocycles. The summed E-state index contributed by atoms with van der Waals surface area (Å²) in [6.45, 7) is 4.26. The van der Waals surface area contributed by atoms with E-state index in [1.165, 1.54) is 28.8 Å². The van der Waals surface area contributed by atoms with Crippen molar-refractivity contribution in [3.05, 3.63) is 30.1 Å². The monoisotopic (exact) mass is 298 g/mol. The first-order chi connectivity index (χ1) is 9.29. The van der Waals surface area contributed by atoms with Gasteiger partial charge < -0.3 is 0 Å². The van der Waals surface area contributed by atoms with E-state index in [1.807, 2.05) is 13.8 Å². The number of benzene rings is 1. The van der Waals surface area contributed by atoms with Crippen LogP contribution >= 0.6 is 0 Å². The highest BCUT2D eigenvalue weighted by Gasteiger charge is 2.22. The summed E-state index contributed by atoms with van der Waals surface area (Å²) in [6.07, 6.45) is 0. The summed E-state index contributed by atoms with van der Waals surface area (Å²) in [5, 5.41) is 12.4. The molecule has 6 nitrogen and oxygen atoms in total. The maximum Gasteiger partial charge on any atom is 0.273 e. The van der Waals surface area contributed by atoms with Crippen molar-refractivity contribution in [2.75, 3.05) is 0 Å². The number of hydrogen-bond donors (Lipinski definition) is 1. The third-order valence-electron chi connectivity index (χ3n) is 2.62. The lowest BCUT2D eigenvalue weighted by Gasteiger charge is -2.11. The van der Waals surface area contributed by atoms with Gasteiger partial charge in [0.25, 0.3) is 15.2 Å². The van der Waals surface area contributed by atoms with E-state index in [-0.39, 0.29) is 16.9 Å². The molecule has 2 aromatic rings. The standard InChI is InChI=1S/C12H15FN4O2S/c1-8(2)7-17-11(9-3-5-10(13)6-4-9)15-16-12(17)20(14,18)19/h3-6,8H,7H2,1-2H3,(H2,14,18,19). The van der Waals surface area contributed by atoms with Gasteiger partial charge in [0, 0.05) is 12.1 Å². The Bertz CT molecular complexity index is 708. The van der Waals surface area contributed by atoms with Crippen molar-refractivity contribution in [1.29, 1.82) is 0 Å². The van der Waals surface area contributed by atoms with Gasteiger partial charge in [-0.05, 0) is 30.2 Å². The SMILES string of the molecule is CC(C)Cn1c(-c2ccc(F)cc2)nnc1S(N)(=O)=O. The molecule has 1 aromatic carbocycles. The molecule has 0 atom stereocenters. The number of sulfonamides is 1. The van der Waals surface area contributed by atoms with Gasteiger partial charge >= 0.3 is 0 Å². The van der Waals surface area contributed by atoms with Crippen LogP contribution in [0.1, 0.15) is 13.8 Å². The van der Waals surface area contributed by atoms with E-state index in [9.17, 15) is 12.8 Å². The van der Waals surface area contributed by atoms with E-state index in [0.717, 1.165) is 0 Å². The predicted octanol–water partition coefficient (Wildman–Crippen LogP) is 1.39. The molecule has 2 N–H and O–H groups in total. The molecule has 20 heavy (non-hydrogen) atoms. The summed E-state index contributed by atoms with van der Waals surface area (Å²) >= 11 is 0. The van der Waals surface area contributed by atoms with Crippen LogP contribution in [0.3, 0.4) is 0 Å². The number of nitrogens with zero attached hydrogens (tertiary/aromatic N) is 3. The van der Waals surface area contributed by atoms with Crippen LogP contribution in [0.2, 0.25) is 0 Å².